The number of nitrogens with two attached hydrogens (primary N) is 1. The van der Waals surface area contributed by atoms with E-state index in [1.807, 2.05) is 12.1 Å². The highest BCUT2D eigenvalue weighted by Crippen LogP contribution is 2.38. The summed E-state index contributed by atoms with van der Waals surface area (Å²) in [4.78, 5) is 2.42. The Hall–Kier alpha value is -1.30. The molecule has 2 rings (SSSR count). The third-order valence-electron chi connectivity index (χ3n) is 4.18. The number of rotatable bonds is 7. The molecule has 2 N–H and O–H groups in total. The lowest BCUT2D eigenvalue weighted by atomic mass is 10.0. The lowest BCUT2D eigenvalue weighted by Crippen LogP contribution is -2.32. The largest absolute Gasteiger partial charge is 0.493 e. The van der Waals surface area contributed by atoms with E-state index in [0.717, 1.165) is 43.2 Å². The van der Waals surface area contributed by atoms with Crippen LogP contribution in [-0.4, -0.2) is 52.5 Å². The van der Waals surface area contributed by atoms with E-state index in [1.54, 1.807) is 21.3 Å². The highest BCUT2D eigenvalue weighted by molar-refractivity contribution is 5.48. The van der Waals surface area contributed by atoms with Crippen molar-refractivity contribution in [2.45, 2.75) is 12.5 Å². The van der Waals surface area contributed by atoms with Crippen molar-refractivity contribution in [3.05, 3.63) is 23.8 Å². The summed E-state index contributed by atoms with van der Waals surface area (Å²) < 4.78 is 16.2. The van der Waals surface area contributed by atoms with Gasteiger partial charge in [0.2, 0.25) is 0 Å². The molecule has 0 aromatic heterocycles. The highest BCUT2D eigenvalue weighted by Gasteiger charge is 2.30. The maximum absolute atomic E-state index is 6.05. The normalized spacial score (nSPS) is 20.5. The number of hydrogen-bond donors (Lipinski definition) is 1. The summed E-state index contributed by atoms with van der Waals surface area (Å²) >= 11 is 0. The minimum absolute atomic E-state index is 0.150. The monoisotopic (exact) mass is 294 g/mol. The van der Waals surface area contributed by atoms with Crippen LogP contribution < -0.4 is 15.2 Å². The first-order valence-corrected chi connectivity index (χ1v) is 7.39. The first-order valence-electron chi connectivity index (χ1n) is 7.39. The Balaban J connectivity index is 2.22. The minimum atomic E-state index is 0.150. The van der Waals surface area contributed by atoms with Crippen molar-refractivity contribution in [2.24, 2.45) is 11.7 Å². The smallest absolute Gasteiger partial charge is 0.165 e. The quantitative estimate of drug-likeness (QED) is 0.829. The van der Waals surface area contributed by atoms with Gasteiger partial charge < -0.3 is 19.9 Å². The predicted molar refractivity (Wildman–Crippen MR) is 82.9 cm³/mol. The van der Waals surface area contributed by atoms with Crippen LogP contribution >= 0.6 is 0 Å². The van der Waals surface area contributed by atoms with Gasteiger partial charge in [-0.15, -0.1) is 0 Å². The van der Waals surface area contributed by atoms with E-state index in [1.165, 1.54) is 0 Å². The van der Waals surface area contributed by atoms with Crippen LogP contribution in [0.15, 0.2) is 18.2 Å². The van der Waals surface area contributed by atoms with Gasteiger partial charge in [0.05, 0.1) is 26.9 Å². The number of ether oxygens (including phenoxy) is 3. The average Bonchev–Trinajstić information content (AvgIpc) is 2.96. The van der Waals surface area contributed by atoms with Gasteiger partial charge in [-0.1, -0.05) is 12.1 Å². The van der Waals surface area contributed by atoms with E-state index in [4.69, 9.17) is 19.9 Å². The summed E-state index contributed by atoms with van der Waals surface area (Å²) in [7, 11) is 5.09. The van der Waals surface area contributed by atoms with Crippen molar-refractivity contribution in [2.75, 3.05) is 47.6 Å². The van der Waals surface area contributed by atoms with Gasteiger partial charge in [0, 0.05) is 25.8 Å². The van der Waals surface area contributed by atoms with Crippen LogP contribution in [0.5, 0.6) is 11.5 Å². The van der Waals surface area contributed by atoms with E-state index >= 15 is 0 Å². The van der Waals surface area contributed by atoms with Gasteiger partial charge in [-0.2, -0.15) is 0 Å². The molecular weight excluding hydrogens is 268 g/mol. The topological polar surface area (TPSA) is 57.0 Å². The molecule has 2 atom stereocenters. The fourth-order valence-corrected chi connectivity index (χ4v) is 3.16. The molecule has 1 aliphatic heterocycles. The van der Waals surface area contributed by atoms with Crippen molar-refractivity contribution < 1.29 is 14.2 Å². The van der Waals surface area contributed by atoms with Crippen LogP contribution in [0.2, 0.25) is 0 Å². The van der Waals surface area contributed by atoms with Crippen LogP contribution in [0.25, 0.3) is 0 Å². The SMILES string of the molecule is COCC1CCN(C(CN)c2cccc(OC)c2OC)C1. The fraction of sp³-hybridized carbons (Fsp3) is 0.625. The second-order valence-corrected chi connectivity index (χ2v) is 5.44. The van der Waals surface area contributed by atoms with Gasteiger partial charge in [0.1, 0.15) is 0 Å². The van der Waals surface area contributed by atoms with Gasteiger partial charge >= 0.3 is 0 Å². The Morgan fingerprint density at radius 2 is 2.10 bits per heavy atom. The lowest BCUT2D eigenvalue weighted by Gasteiger charge is -2.29. The maximum atomic E-state index is 6.05. The van der Waals surface area contributed by atoms with Gasteiger partial charge in [0.15, 0.2) is 11.5 Å². The van der Waals surface area contributed by atoms with E-state index in [2.05, 4.69) is 11.0 Å². The second-order valence-electron chi connectivity index (χ2n) is 5.44. The number of methoxy groups -OCH3 is 3. The summed E-state index contributed by atoms with van der Waals surface area (Å²) in [5.74, 6) is 2.12. The molecule has 1 saturated heterocycles. The first kappa shape index (κ1) is 16.1. The molecular formula is C16H26N2O3. The first-order chi connectivity index (χ1) is 10.2. The van der Waals surface area contributed by atoms with Gasteiger partial charge in [0.25, 0.3) is 0 Å². The molecule has 118 valence electrons. The molecule has 1 fully saturated rings. The molecule has 0 bridgehead atoms. The molecule has 2 unspecified atom stereocenters. The third kappa shape index (κ3) is 3.48. The van der Waals surface area contributed by atoms with Crippen LogP contribution in [-0.2, 0) is 4.74 Å². The molecule has 1 heterocycles. The summed E-state index contributed by atoms with van der Waals surface area (Å²) in [5, 5.41) is 0. The molecule has 1 aromatic rings. The van der Waals surface area contributed by atoms with Crippen molar-refractivity contribution in [1.29, 1.82) is 0 Å². The molecule has 1 aliphatic rings. The summed E-state index contributed by atoms with van der Waals surface area (Å²) in [6.07, 6.45) is 1.15. The van der Waals surface area contributed by atoms with Crippen LogP contribution in [0.1, 0.15) is 18.0 Å². The molecule has 0 saturated carbocycles. The number of hydrogen-bond acceptors (Lipinski definition) is 5. The number of nitrogens with zero attached hydrogens (tertiary/aromatic N) is 1. The molecule has 0 amide bonds. The Kier molecular flexibility index (Phi) is 5.85. The maximum Gasteiger partial charge on any atom is 0.165 e. The van der Waals surface area contributed by atoms with Crippen molar-refractivity contribution >= 4 is 0 Å². The van der Waals surface area contributed by atoms with Crippen molar-refractivity contribution in [1.82, 2.24) is 4.90 Å². The molecule has 21 heavy (non-hydrogen) atoms. The van der Waals surface area contributed by atoms with Crippen LogP contribution in [0.3, 0.4) is 0 Å². The minimum Gasteiger partial charge on any atom is -0.493 e. The van der Waals surface area contributed by atoms with E-state index < -0.39 is 0 Å². The van der Waals surface area contributed by atoms with Crippen molar-refractivity contribution in [3.63, 3.8) is 0 Å². The zero-order valence-electron chi connectivity index (χ0n) is 13.2. The van der Waals surface area contributed by atoms with Gasteiger partial charge in [-0.3, -0.25) is 4.90 Å². The third-order valence-corrected chi connectivity index (χ3v) is 4.18. The molecule has 0 radical (unpaired) electrons. The van der Waals surface area contributed by atoms with E-state index in [0.29, 0.717) is 12.5 Å². The molecule has 0 aliphatic carbocycles. The highest BCUT2D eigenvalue weighted by atomic mass is 16.5. The summed E-state index contributed by atoms with van der Waals surface area (Å²) in [5.41, 5.74) is 7.14. The Bertz CT molecular complexity index is 453. The fourth-order valence-electron chi connectivity index (χ4n) is 3.16. The van der Waals surface area contributed by atoms with E-state index in [-0.39, 0.29) is 6.04 Å². The zero-order chi connectivity index (χ0) is 15.2. The Morgan fingerprint density at radius 3 is 2.71 bits per heavy atom. The number of benzene rings is 1. The number of para-hydroxylation sites is 1. The van der Waals surface area contributed by atoms with Crippen LogP contribution in [0.4, 0.5) is 0 Å². The number of likely N-dealkylation sites (tertiary alicyclic amines) is 1. The van der Waals surface area contributed by atoms with Crippen molar-refractivity contribution in [3.8, 4) is 11.5 Å². The molecule has 0 spiro atoms. The Labute approximate surface area is 127 Å². The molecule has 5 heteroatoms. The molecule has 5 nitrogen and oxygen atoms in total. The summed E-state index contributed by atoms with van der Waals surface area (Å²) in [6.45, 7) is 3.42. The average molecular weight is 294 g/mol. The van der Waals surface area contributed by atoms with Gasteiger partial charge in [-0.05, 0) is 24.9 Å². The standard InChI is InChI=1S/C16H26N2O3/c1-19-11-12-7-8-18(10-12)14(9-17)13-5-4-6-15(20-2)16(13)21-3/h4-6,12,14H,7-11,17H2,1-3H3. The lowest BCUT2D eigenvalue weighted by molar-refractivity contribution is 0.147. The van der Waals surface area contributed by atoms with E-state index in [9.17, 15) is 0 Å². The Morgan fingerprint density at radius 1 is 1.29 bits per heavy atom. The molecule has 1 aromatic carbocycles. The van der Waals surface area contributed by atoms with Gasteiger partial charge in [-0.25, -0.2) is 0 Å². The predicted octanol–water partition coefficient (Wildman–Crippen LogP) is 1.67. The summed E-state index contributed by atoms with van der Waals surface area (Å²) in [6, 6.07) is 6.12. The second kappa shape index (κ2) is 7.64. The zero-order valence-corrected chi connectivity index (χ0v) is 13.2. The van der Waals surface area contributed by atoms with Crippen LogP contribution in [0, 0.1) is 5.92 Å².